The number of hydrogen-bond donors (Lipinski definition) is 2. The Bertz CT molecular complexity index is 520. The largest absolute Gasteiger partial charge is 0.325 e. The molecule has 0 spiro atoms. The Morgan fingerprint density at radius 3 is 2.70 bits per heavy atom. The molecule has 1 aliphatic heterocycles. The average Bonchev–Trinajstić information content (AvgIpc) is 2.97. The van der Waals surface area contributed by atoms with Crippen LogP contribution in [0.15, 0.2) is 16.6 Å². The summed E-state index contributed by atoms with van der Waals surface area (Å²) in [4.78, 5) is 12.5. The molecule has 1 amide bonds. The maximum absolute atomic E-state index is 12.5. The Kier molecular flexibility index (Phi) is 3.87. The van der Waals surface area contributed by atoms with Crippen molar-refractivity contribution in [1.29, 1.82) is 0 Å². The van der Waals surface area contributed by atoms with Gasteiger partial charge in [0.05, 0.1) is 6.04 Å². The minimum Gasteiger partial charge on any atom is -0.325 e. The van der Waals surface area contributed by atoms with Gasteiger partial charge in [0.2, 0.25) is 5.91 Å². The molecular weight excluding hydrogens is 316 g/mol. The molecule has 3 rings (SSSR count). The highest BCUT2D eigenvalue weighted by Crippen LogP contribution is 2.38. The Labute approximate surface area is 128 Å². The molecule has 0 aromatic heterocycles. The highest BCUT2D eigenvalue weighted by atomic mass is 79.9. The zero-order valence-electron chi connectivity index (χ0n) is 12.0. The van der Waals surface area contributed by atoms with Gasteiger partial charge in [0, 0.05) is 10.2 Å². The lowest BCUT2D eigenvalue weighted by Gasteiger charge is -2.18. The number of anilines is 1. The van der Waals surface area contributed by atoms with Crippen LogP contribution in [-0.2, 0) is 4.79 Å². The van der Waals surface area contributed by atoms with Crippen molar-refractivity contribution in [2.24, 2.45) is 11.8 Å². The van der Waals surface area contributed by atoms with Gasteiger partial charge >= 0.3 is 0 Å². The zero-order chi connectivity index (χ0) is 14.3. The Morgan fingerprint density at radius 1 is 1.30 bits per heavy atom. The van der Waals surface area contributed by atoms with E-state index in [1.165, 1.54) is 19.3 Å². The lowest BCUT2D eigenvalue weighted by Crippen LogP contribution is -2.39. The fourth-order valence-corrected chi connectivity index (χ4v) is 3.94. The van der Waals surface area contributed by atoms with E-state index in [-0.39, 0.29) is 11.9 Å². The van der Waals surface area contributed by atoms with Crippen LogP contribution in [0.1, 0.15) is 30.4 Å². The number of carbonyl (C=O) groups is 1. The van der Waals surface area contributed by atoms with Gasteiger partial charge < -0.3 is 10.6 Å². The predicted molar refractivity (Wildman–Crippen MR) is 84.9 cm³/mol. The molecule has 1 aromatic carbocycles. The van der Waals surface area contributed by atoms with Crippen LogP contribution in [-0.4, -0.2) is 18.5 Å². The van der Waals surface area contributed by atoms with Crippen LogP contribution in [0.4, 0.5) is 5.69 Å². The summed E-state index contributed by atoms with van der Waals surface area (Å²) < 4.78 is 1.12. The highest BCUT2D eigenvalue weighted by molar-refractivity contribution is 9.10. The molecule has 1 aromatic rings. The van der Waals surface area contributed by atoms with E-state index in [0.29, 0.717) is 11.8 Å². The maximum Gasteiger partial charge on any atom is 0.241 e. The second-order valence-electron chi connectivity index (χ2n) is 6.15. The molecule has 20 heavy (non-hydrogen) atoms. The number of carbonyl (C=O) groups excluding carboxylic acids is 1. The van der Waals surface area contributed by atoms with Gasteiger partial charge in [-0.2, -0.15) is 0 Å². The molecule has 3 atom stereocenters. The van der Waals surface area contributed by atoms with E-state index in [0.717, 1.165) is 27.8 Å². The van der Waals surface area contributed by atoms with E-state index < -0.39 is 0 Å². The topological polar surface area (TPSA) is 41.1 Å². The van der Waals surface area contributed by atoms with Crippen LogP contribution in [0.25, 0.3) is 0 Å². The fraction of sp³-hybridized carbons (Fsp3) is 0.562. The summed E-state index contributed by atoms with van der Waals surface area (Å²) in [6, 6.07) is 4.04. The Morgan fingerprint density at radius 2 is 2.00 bits per heavy atom. The smallest absolute Gasteiger partial charge is 0.241 e. The first-order chi connectivity index (χ1) is 9.56. The lowest BCUT2D eigenvalue weighted by atomic mass is 9.93. The number of benzene rings is 1. The number of fused-ring (bicyclic) bond motifs is 1. The standard InChI is InChI=1S/C16H21BrN2O/c1-9-6-12(7-10(2)14(9)17)19-16(20)15-13-5-3-4-11(13)8-18-15/h6-7,11,13,15,18H,3-5,8H2,1-2H3,(H,19,20). The van der Waals surface area contributed by atoms with E-state index >= 15 is 0 Å². The van der Waals surface area contributed by atoms with E-state index in [1.54, 1.807) is 0 Å². The summed E-state index contributed by atoms with van der Waals surface area (Å²) in [7, 11) is 0. The fourth-order valence-electron chi connectivity index (χ4n) is 3.71. The molecule has 1 heterocycles. The van der Waals surface area contributed by atoms with Crippen LogP contribution < -0.4 is 10.6 Å². The molecular formula is C16H21BrN2O. The van der Waals surface area contributed by atoms with Gasteiger partial charge in [-0.1, -0.05) is 22.4 Å². The van der Waals surface area contributed by atoms with Gasteiger partial charge in [0.1, 0.15) is 0 Å². The van der Waals surface area contributed by atoms with Crippen LogP contribution in [0.2, 0.25) is 0 Å². The first-order valence-corrected chi connectivity index (χ1v) is 8.16. The van der Waals surface area contributed by atoms with E-state index in [9.17, 15) is 4.79 Å². The van der Waals surface area contributed by atoms with Crippen LogP contribution in [0, 0.1) is 25.7 Å². The molecule has 2 N–H and O–H groups in total. The van der Waals surface area contributed by atoms with Crippen molar-refractivity contribution in [2.75, 3.05) is 11.9 Å². The van der Waals surface area contributed by atoms with Crippen LogP contribution >= 0.6 is 15.9 Å². The first kappa shape index (κ1) is 14.1. The molecule has 108 valence electrons. The first-order valence-electron chi connectivity index (χ1n) is 7.37. The van der Waals surface area contributed by atoms with Crippen LogP contribution in [0.3, 0.4) is 0 Å². The van der Waals surface area contributed by atoms with Crippen molar-refractivity contribution in [1.82, 2.24) is 5.32 Å². The maximum atomic E-state index is 12.5. The summed E-state index contributed by atoms with van der Waals surface area (Å²) in [5, 5.41) is 6.48. The predicted octanol–water partition coefficient (Wildman–Crippen LogP) is 3.39. The van der Waals surface area contributed by atoms with Crippen molar-refractivity contribution in [3.8, 4) is 0 Å². The monoisotopic (exact) mass is 336 g/mol. The molecule has 1 aliphatic carbocycles. The molecule has 2 fully saturated rings. The second-order valence-corrected chi connectivity index (χ2v) is 6.95. The van der Waals surface area contributed by atoms with Crippen molar-refractivity contribution >= 4 is 27.5 Å². The normalized spacial score (nSPS) is 28.4. The van der Waals surface area contributed by atoms with Crippen molar-refractivity contribution < 1.29 is 4.79 Å². The zero-order valence-corrected chi connectivity index (χ0v) is 13.6. The number of halogens is 1. The highest BCUT2D eigenvalue weighted by Gasteiger charge is 2.42. The number of aryl methyl sites for hydroxylation is 2. The van der Waals surface area contributed by atoms with Gasteiger partial charge in [0.15, 0.2) is 0 Å². The van der Waals surface area contributed by atoms with Gasteiger partial charge in [-0.05, 0) is 68.3 Å². The van der Waals surface area contributed by atoms with Gasteiger partial charge in [-0.25, -0.2) is 0 Å². The van der Waals surface area contributed by atoms with Crippen molar-refractivity contribution in [2.45, 2.75) is 39.2 Å². The SMILES string of the molecule is Cc1cc(NC(=O)C2NCC3CCCC32)cc(C)c1Br. The summed E-state index contributed by atoms with van der Waals surface area (Å²) in [6.45, 7) is 5.10. The third-order valence-corrected chi connectivity index (χ3v) is 5.98. The minimum atomic E-state index is -0.00763. The molecule has 4 heteroatoms. The van der Waals surface area contributed by atoms with E-state index in [1.807, 2.05) is 26.0 Å². The van der Waals surface area contributed by atoms with E-state index in [4.69, 9.17) is 0 Å². The number of rotatable bonds is 2. The van der Waals surface area contributed by atoms with Gasteiger partial charge in [-0.3, -0.25) is 4.79 Å². The minimum absolute atomic E-state index is 0.00763. The van der Waals surface area contributed by atoms with Gasteiger partial charge in [-0.15, -0.1) is 0 Å². The molecule has 3 nitrogen and oxygen atoms in total. The molecule has 1 saturated carbocycles. The summed E-state index contributed by atoms with van der Waals surface area (Å²) in [5.41, 5.74) is 3.20. The van der Waals surface area contributed by atoms with Crippen LogP contribution in [0.5, 0.6) is 0 Å². The second kappa shape index (κ2) is 5.49. The van der Waals surface area contributed by atoms with E-state index in [2.05, 4.69) is 26.6 Å². The Balaban J connectivity index is 1.73. The quantitative estimate of drug-likeness (QED) is 0.869. The molecule has 3 unspecified atom stereocenters. The summed E-state index contributed by atoms with van der Waals surface area (Å²) >= 11 is 3.56. The molecule has 0 radical (unpaired) electrons. The summed E-state index contributed by atoms with van der Waals surface area (Å²) in [5.74, 6) is 1.37. The number of amides is 1. The molecule has 1 saturated heterocycles. The Hall–Kier alpha value is -0.870. The van der Waals surface area contributed by atoms with Gasteiger partial charge in [0.25, 0.3) is 0 Å². The van der Waals surface area contributed by atoms with Crippen molar-refractivity contribution in [3.05, 3.63) is 27.7 Å². The molecule has 0 bridgehead atoms. The third kappa shape index (κ3) is 2.51. The lowest BCUT2D eigenvalue weighted by molar-refractivity contribution is -0.118. The number of nitrogens with one attached hydrogen (secondary N) is 2. The summed E-state index contributed by atoms with van der Waals surface area (Å²) in [6.07, 6.45) is 3.74. The van der Waals surface area contributed by atoms with Crippen molar-refractivity contribution in [3.63, 3.8) is 0 Å². The third-order valence-electron chi connectivity index (χ3n) is 4.73. The number of hydrogen-bond acceptors (Lipinski definition) is 2. The average molecular weight is 337 g/mol. The molecule has 2 aliphatic rings.